The Morgan fingerprint density at radius 2 is 1.76 bits per heavy atom. The molecule has 0 unspecified atom stereocenters. The van der Waals surface area contributed by atoms with Crippen LogP contribution in [-0.4, -0.2) is 62.7 Å². The standard InChI is InChI=1S/C14H22ClN3O2S/c1-16(9-5-8-15)21(19,20)18-12-10-17(11-13-18)14-6-3-2-4-7-14/h2-4,6-7H,5,8-13H2,1H3. The van der Waals surface area contributed by atoms with Gasteiger partial charge in [-0.1, -0.05) is 18.2 Å². The lowest BCUT2D eigenvalue weighted by molar-refractivity contribution is 0.343. The highest BCUT2D eigenvalue weighted by Gasteiger charge is 2.29. The fraction of sp³-hybridized carbons (Fsp3) is 0.571. The minimum absolute atomic E-state index is 0.463. The van der Waals surface area contributed by atoms with Gasteiger partial charge in [0.15, 0.2) is 0 Å². The molecule has 118 valence electrons. The van der Waals surface area contributed by atoms with Crippen molar-refractivity contribution in [2.75, 3.05) is 50.6 Å². The highest BCUT2D eigenvalue weighted by Crippen LogP contribution is 2.18. The largest absolute Gasteiger partial charge is 0.369 e. The van der Waals surface area contributed by atoms with Crippen molar-refractivity contribution in [2.24, 2.45) is 0 Å². The van der Waals surface area contributed by atoms with Gasteiger partial charge in [-0.15, -0.1) is 11.6 Å². The number of nitrogens with zero attached hydrogens (tertiary/aromatic N) is 3. The molecule has 1 fully saturated rings. The number of benzene rings is 1. The van der Waals surface area contributed by atoms with Crippen molar-refractivity contribution in [3.8, 4) is 0 Å². The van der Waals surface area contributed by atoms with E-state index in [4.69, 9.17) is 11.6 Å². The van der Waals surface area contributed by atoms with E-state index in [9.17, 15) is 8.42 Å². The molecule has 2 rings (SSSR count). The Labute approximate surface area is 132 Å². The second kappa shape index (κ2) is 7.45. The number of rotatable bonds is 6. The van der Waals surface area contributed by atoms with Crippen LogP contribution in [0.1, 0.15) is 6.42 Å². The van der Waals surface area contributed by atoms with Gasteiger partial charge >= 0.3 is 0 Å². The minimum atomic E-state index is -3.36. The molecule has 1 saturated heterocycles. The summed E-state index contributed by atoms with van der Waals surface area (Å²) >= 11 is 5.63. The van der Waals surface area contributed by atoms with Crippen LogP contribution in [0.4, 0.5) is 5.69 Å². The van der Waals surface area contributed by atoms with Crippen molar-refractivity contribution < 1.29 is 8.42 Å². The van der Waals surface area contributed by atoms with E-state index in [0.717, 1.165) is 5.69 Å². The van der Waals surface area contributed by atoms with Crippen molar-refractivity contribution >= 4 is 27.5 Å². The summed E-state index contributed by atoms with van der Waals surface area (Å²) in [6, 6.07) is 10.1. The lowest BCUT2D eigenvalue weighted by atomic mass is 10.2. The normalized spacial score (nSPS) is 17.4. The Morgan fingerprint density at radius 1 is 1.14 bits per heavy atom. The first-order valence-electron chi connectivity index (χ1n) is 7.13. The molecule has 7 heteroatoms. The van der Waals surface area contributed by atoms with Crippen molar-refractivity contribution in [3.05, 3.63) is 30.3 Å². The smallest absolute Gasteiger partial charge is 0.281 e. The second-order valence-electron chi connectivity index (χ2n) is 5.09. The van der Waals surface area contributed by atoms with E-state index in [1.165, 1.54) is 4.31 Å². The monoisotopic (exact) mass is 331 g/mol. The summed E-state index contributed by atoms with van der Waals surface area (Å²) in [7, 11) is -1.74. The molecule has 5 nitrogen and oxygen atoms in total. The molecule has 0 spiro atoms. The molecule has 21 heavy (non-hydrogen) atoms. The van der Waals surface area contributed by atoms with Crippen molar-refractivity contribution in [1.29, 1.82) is 0 Å². The van der Waals surface area contributed by atoms with Gasteiger partial charge in [-0.05, 0) is 18.6 Å². The molecule has 0 bridgehead atoms. The summed E-state index contributed by atoms with van der Waals surface area (Å²) in [5.41, 5.74) is 1.14. The average molecular weight is 332 g/mol. The lowest BCUT2D eigenvalue weighted by Crippen LogP contribution is -2.52. The van der Waals surface area contributed by atoms with E-state index in [1.54, 1.807) is 11.4 Å². The fourth-order valence-electron chi connectivity index (χ4n) is 2.41. The Morgan fingerprint density at radius 3 is 2.33 bits per heavy atom. The Bertz CT molecular complexity index is 530. The molecule has 1 aliphatic rings. The summed E-state index contributed by atoms with van der Waals surface area (Å²) in [5.74, 6) is 0.474. The highest BCUT2D eigenvalue weighted by atomic mass is 35.5. The molecular weight excluding hydrogens is 310 g/mol. The van der Waals surface area contributed by atoms with Crippen LogP contribution in [-0.2, 0) is 10.2 Å². The van der Waals surface area contributed by atoms with Crippen LogP contribution in [0.2, 0.25) is 0 Å². The molecule has 1 aromatic carbocycles. The number of para-hydroxylation sites is 1. The van der Waals surface area contributed by atoms with E-state index in [2.05, 4.69) is 17.0 Å². The highest BCUT2D eigenvalue weighted by molar-refractivity contribution is 7.86. The summed E-state index contributed by atoms with van der Waals surface area (Å²) < 4.78 is 27.8. The van der Waals surface area contributed by atoms with E-state index in [0.29, 0.717) is 45.0 Å². The number of alkyl halides is 1. The van der Waals surface area contributed by atoms with Gasteiger partial charge in [0.25, 0.3) is 10.2 Å². The molecular formula is C14H22ClN3O2S. The summed E-state index contributed by atoms with van der Waals surface area (Å²) in [6.07, 6.45) is 0.668. The predicted octanol–water partition coefficient (Wildman–Crippen LogP) is 1.61. The predicted molar refractivity (Wildman–Crippen MR) is 87.1 cm³/mol. The van der Waals surface area contributed by atoms with Gasteiger partial charge in [0.05, 0.1) is 0 Å². The van der Waals surface area contributed by atoms with Gasteiger partial charge in [0, 0.05) is 51.3 Å². The third-order valence-electron chi connectivity index (χ3n) is 3.69. The van der Waals surface area contributed by atoms with E-state index in [1.807, 2.05) is 18.2 Å². The Balaban J connectivity index is 1.94. The number of piperazine rings is 1. The number of hydrogen-bond acceptors (Lipinski definition) is 3. The van der Waals surface area contributed by atoms with Gasteiger partial charge < -0.3 is 4.90 Å². The molecule has 0 aliphatic carbocycles. The molecule has 0 atom stereocenters. The maximum absolute atomic E-state index is 12.4. The topological polar surface area (TPSA) is 43.9 Å². The van der Waals surface area contributed by atoms with Gasteiger partial charge in [0.2, 0.25) is 0 Å². The molecule has 0 radical (unpaired) electrons. The number of hydrogen-bond donors (Lipinski definition) is 0. The summed E-state index contributed by atoms with van der Waals surface area (Å²) in [5, 5.41) is 0. The van der Waals surface area contributed by atoms with Crippen molar-refractivity contribution in [1.82, 2.24) is 8.61 Å². The van der Waals surface area contributed by atoms with E-state index >= 15 is 0 Å². The summed E-state index contributed by atoms with van der Waals surface area (Å²) in [6.45, 7) is 2.93. The third kappa shape index (κ3) is 4.10. The van der Waals surface area contributed by atoms with Crippen LogP contribution in [0.15, 0.2) is 30.3 Å². The Hall–Kier alpha value is -0.820. The Kier molecular flexibility index (Phi) is 5.87. The fourth-order valence-corrected chi connectivity index (χ4v) is 3.91. The van der Waals surface area contributed by atoms with Crippen molar-refractivity contribution in [2.45, 2.75) is 6.42 Å². The van der Waals surface area contributed by atoms with Gasteiger partial charge in [-0.25, -0.2) is 0 Å². The van der Waals surface area contributed by atoms with Crippen LogP contribution in [0.3, 0.4) is 0 Å². The SMILES string of the molecule is CN(CCCCl)S(=O)(=O)N1CCN(c2ccccc2)CC1. The number of halogens is 1. The average Bonchev–Trinajstić information content (AvgIpc) is 2.53. The maximum Gasteiger partial charge on any atom is 0.281 e. The first-order chi connectivity index (χ1) is 10.1. The lowest BCUT2D eigenvalue weighted by Gasteiger charge is -2.37. The third-order valence-corrected chi connectivity index (χ3v) is 5.94. The molecule has 1 aliphatic heterocycles. The van der Waals surface area contributed by atoms with Crippen molar-refractivity contribution in [3.63, 3.8) is 0 Å². The van der Waals surface area contributed by atoms with Crippen LogP contribution in [0.25, 0.3) is 0 Å². The van der Waals surface area contributed by atoms with Gasteiger partial charge in [0.1, 0.15) is 0 Å². The molecule has 0 aromatic heterocycles. The zero-order chi connectivity index (χ0) is 15.3. The second-order valence-corrected chi connectivity index (χ2v) is 7.51. The molecule has 0 N–H and O–H groups in total. The molecule has 0 amide bonds. The first kappa shape index (κ1) is 16.5. The zero-order valence-electron chi connectivity index (χ0n) is 12.3. The first-order valence-corrected chi connectivity index (χ1v) is 9.06. The van der Waals surface area contributed by atoms with Gasteiger partial charge in [-0.3, -0.25) is 0 Å². The molecule has 0 saturated carbocycles. The minimum Gasteiger partial charge on any atom is -0.369 e. The summed E-state index contributed by atoms with van der Waals surface area (Å²) in [4.78, 5) is 2.21. The van der Waals surface area contributed by atoms with E-state index in [-0.39, 0.29) is 0 Å². The number of anilines is 1. The molecule has 1 aromatic rings. The molecule has 1 heterocycles. The van der Waals surface area contributed by atoms with Gasteiger partial charge in [-0.2, -0.15) is 17.0 Å². The van der Waals surface area contributed by atoms with E-state index < -0.39 is 10.2 Å². The van der Waals surface area contributed by atoms with Crippen LogP contribution in [0.5, 0.6) is 0 Å². The quantitative estimate of drug-likeness (QED) is 0.744. The van der Waals surface area contributed by atoms with Crippen LogP contribution < -0.4 is 4.90 Å². The zero-order valence-corrected chi connectivity index (χ0v) is 13.9. The van der Waals surface area contributed by atoms with Crippen LogP contribution in [0, 0.1) is 0 Å². The van der Waals surface area contributed by atoms with Crippen LogP contribution >= 0.6 is 11.6 Å². The maximum atomic E-state index is 12.4.